The zero-order valence-electron chi connectivity index (χ0n) is 23.9. The minimum atomic E-state index is -3.24. The van der Waals surface area contributed by atoms with Crippen LogP contribution in [0.15, 0.2) is 66.9 Å². The highest BCUT2D eigenvalue weighted by molar-refractivity contribution is 7.89. The fraction of sp³-hybridized carbons (Fsp3) is 0.406. The van der Waals surface area contributed by atoms with Crippen LogP contribution in [0.5, 0.6) is 0 Å². The van der Waals surface area contributed by atoms with Gasteiger partial charge in [-0.3, -0.25) is 20.6 Å². The Labute approximate surface area is 248 Å². The number of benzene rings is 2. The average Bonchev–Trinajstić information content (AvgIpc) is 3.12. The first-order valence-corrected chi connectivity index (χ1v) is 16.6. The Morgan fingerprint density at radius 1 is 0.952 bits per heavy atom. The molecule has 3 aliphatic rings. The van der Waals surface area contributed by atoms with Crippen LogP contribution in [0.1, 0.15) is 61.6 Å². The summed E-state index contributed by atoms with van der Waals surface area (Å²) in [5.41, 5.74) is 4.00. The van der Waals surface area contributed by atoms with Gasteiger partial charge in [0, 0.05) is 43.0 Å². The molecule has 0 amide bonds. The van der Waals surface area contributed by atoms with Crippen LogP contribution >= 0.6 is 0 Å². The van der Waals surface area contributed by atoms with E-state index >= 15 is 0 Å². The van der Waals surface area contributed by atoms with Gasteiger partial charge in [-0.2, -0.15) is 0 Å². The summed E-state index contributed by atoms with van der Waals surface area (Å²) in [7, 11) is -3.24. The SMILES string of the molecule is N=C(c1ccc(CN2CCC(NS(=O)(=O)CC3CCCCC3)CC2)cc1)N1C(=N)c2ccccc2Nc2ncccc21. The molecule has 1 aliphatic carbocycles. The monoisotopic (exact) mass is 585 g/mol. The standard InChI is InChI=1S/C32H39N7O2S/c33-30(39-29-11-6-18-35-32(29)36-28-10-5-4-9-27(28)31(39)34)25-14-12-23(13-15-25)21-38-19-16-26(17-20-38)37-42(40,41)22-24-7-2-1-3-8-24/h4-6,9-15,18,24,26,33-34,37H,1-3,7-8,16-17,19-22H2,(H,35,36). The molecule has 42 heavy (non-hydrogen) atoms. The maximum atomic E-state index is 12.7. The molecule has 1 saturated heterocycles. The van der Waals surface area contributed by atoms with Crippen molar-refractivity contribution >= 4 is 38.9 Å². The molecule has 3 heterocycles. The number of para-hydroxylation sites is 1. The fourth-order valence-corrected chi connectivity index (χ4v) is 8.20. The van der Waals surface area contributed by atoms with E-state index in [0.717, 1.165) is 69.4 Å². The van der Waals surface area contributed by atoms with E-state index in [1.165, 1.54) is 6.42 Å². The number of amidine groups is 2. The average molecular weight is 586 g/mol. The fourth-order valence-electron chi connectivity index (χ4n) is 6.40. The van der Waals surface area contributed by atoms with Gasteiger partial charge in [0.1, 0.15) is 11.7 Å². The van der Waals surface area contributed by atoms with Crippen molar-refractivity contribution in [1.82, 2.24) is 14.6 Å². The Morgan fingerprint density at radius 3 is 2.45 bits per heavy atom. The van der Waals surface area contributed by atoms with Crippen LogP contribution in [0, 0.1) is 16.7 Å². The molecule has 0 unspecified atom stereocenters. The van der Waals surface area contributed by atoms with E-state index in [1.807, 2.05) is 60.7 Å². The summed E-state index contributed by atoms with van der Waals surface area (Å²) in [6.45, 7) is 2.46. The number of sulfonamides is 1. The molecule has 10 heteroatoms. The molecule has 0 radical (unpaired) electrons. The summed E-state index contributed by atoms with van der Waals surface area (Å²) in [5.74, 6) is 1.62. The molecule has 3 aromatic rings. The Morgan fingerprint density at radius 2 is 1.69 bits per heavy atom. The number of fused-ring (bicyclic) bond motifs is 2. The summed E-state index contributed by atoms with van der Waals surface area (Å²) < 4.78 is 28.5. The maximum absolute atomic E-state index is 12.7. The van der Waals surface area contributed by atoms with Crippen molar-refractivity contribution in [3.63, 3.8) is 0 Å². The quantitative estimate of drug-likeness (QED) is 0.216. The Bertz CT molecular complexity index is 1540. The van der Waals surface area contributed by atoms with Crippen LogP contribution < -0.4 is 14.9 Å². The van der Waals surface area contributed by atoms with Gasteiger partial charge in [-0.1, -0.05) is 55.7 Å². The van der Waals surface area contributed by atoms with Gasteiger partial charge in [0.15, 0.2) is 5.82 Å². The predicted molar refractivity (Wildman–Crippen MR) is 168 cm³/mol. The molecule has 6 rings (SSSR count). The van der Waals surface area contributed by atoms with Crippen LogP contribution in [0.3, 0.4) is 0 Å². The lowest BCUT2D eigenvalue weighted by Crippen LogP contribution is -2.45. The summed E-state index contributed by atoms with van der Waals surface area (Å²) >= 11 is 0. The van der Waals surface area contributed by atoms with Gasteiger partial charge in [0.25, 0.3) is 0 Å². The van der Waals surface area contributed by atoms with E-state index in [4.69, 9.17) is 10.8 Å². The number of anilines is 3. The zero-order valence-corrected chi connectivity index (χ0v) is 24.7. The molecule has 1 aromatic heterocycles. The van der Waals surface area contributed by atoms with Crippen LogP contribution in [0.2, 0.25) is 0 Å². The molecule has 1 saturated carbocycles. The van der Waals surface area contributed by atoms with Gasteiger partial charge in [-0.25, -0.2) is 18.1 Å². The van der Waals surface area contributed by atoms with Gasteiger partial charge in [-0.15, -0.1) is 0 Å². The van der Waals surface area contributed by atoms with Gasteiger partial charge in [0.2, 0.25) is 10.0 Å². The van der Waals surface area contributed by atoms with Gasteiger partial charge in [-0.05, 0) is 61.4 Å². The first-order valence-electron chi connectivity index (χ1n) is 15.0. The number of hydrogen-bond acceptors (Lipinski definition) is 7. The maximum Gasteiger partial charge on any atom is 0.212 e. The molecule has 0 spiro atoms. The second-order valence-corrected chi connectivity index (χ2v) is 13.5. The third-order valence-corrected chi connectivity index (χ3v) is 10.3. The van der Waals surface area contributed by atoms with Gasteiger partial charge < -0.3 is 5.32 Å². The van der Waals surface area contributed by atoms with Crippen molar-refractivity contribution in [3.8, 4) is 0 Å². The molecule has 4 N–H and O–H groups in total. The highest BCUT2D eigenvalue weighted by atomic mass is 32.2. The molecule has 2 aromatic carbocycles. The van der Waals surface area contributed by atoms with Crippen molar-refractivity contribution in [2.75, 3.05) is 29.1 Å². The van der Waals surface area contributed by atoms with Crippen molar-refractivity contribution in [1.29, 1.82) is 10.8 Å². The summed E-state index contributed by atoms with van der Waals surface area (Å²) in [6.07, 6.45) is 8.94. The third-order valence-electron chi connectivity index (χ3n) is 8.66. The van der Waals surface area contributed by atoms with Crippen molar-refractivity contribution < 1.29 is 8.42 Å². The van der Waals surface area contributed by atoms with E-state index < -0.39 is 10.0 Å². The molecular weight excluding hydrogens is 546 g/mol. The Hall–Kier alpha value is -3.60. The third kappa shape index (κ3) is 6.40. The van der Waals surface area contributed by atoms with E-state index in [0.29, 0.717) is 28.6 Å². The van der Waals surface area contributed by atoms with Crippen LogP contribution in [-0.2, 0) is 16.6 Å². The second kappa shape index (κ2) is 12.3. The summed E-state index contributed by atoms with van der Waals surface area (Å²) in [4.78, 5) is 8.48. The zero-order chi connectivity index (χ0) is 29.1. The molecule has 9 nitrogen and oxygen atoms in total. The number of piperidine rings is 1. The van der Waals surface area contributed by atoms with E-state index in [9.17, 15) is 8.42 Å². The van der Waals surface area contributed by atoms with Crippen molar-refractivity contribution in [3.05, 3.63) is 83.6 Å². The lowest BCUT2D eigenvalue weighted by Gasteiger charge is -2.32. The second-order valence-electron chi connectivity index (χ2n) is 11.7. The van der Waals surface area contributed by atoms with Crippen molar-refractivity contribution in [2.24, 2.45) is 5.92 Å². The van der Waals surface area contributed by atoms with Crippen molar-refractivity contribution in [2.45, 2.75) is 57.5 Å². The highest BCUT2D eigenvalue weighted by Crippen LogP contribution is 2.35. The number of rotatable bonds is 7. The number of nitrogens with zero attached hydrogens (tertiary/aromatic N) is 3. The first-order chi connectivity index (χ1) is 20.4. The molecule has 0 bridgehead atoms. The largest absolute Gasteiger partial charge is 0.338 e. The van der Waals surface area contributed by atoms with E-state index in [1.54, 1.807) is 11.1 Å². The minimum absolute atomic E-state index is 0.0126. The topological polar surface area (TPSA) is 125 Å². The van der Waals surface area contributed by atoms with Crippen LogP contribution in [0.25, 0.3) is 0 Å². The highest BCUT2D eigenvalue weighted by Gasteiger charge is 2.29. The predicted octanol–water partition coefficient (Wildman–Crippen LogP) is 5.46. The molecule has 220 valence electrons. The van der Waals surface area contributed by atoms with E-state index in [-0.39, 0.29) is 23.5 Å². The molecular formula is C32H39N7O2S. The number of hydrogen-bond donors (Lipinski definition) is 4. The lowest BCUT2D eigenvalue weighted by molar-refractivity contribution is 0.200. The van der Waals surface area contributed by atoms with E-state index in [2.05, 4.69) is 19.9 Å². The van der Waals surface area contributed by atoms with Crippen LogP contribution in [-0.4, -0.2) is 54.9 Å². The number of aromatic nitrogens is 1. The number of likely N-dealkylation sites (tertiary alicyclic amines) is 1. The molecule has 2 aliphatic heterocycles. The molecule has 2 fully saturated rings. The normalized spacial score (nSPS) is 18.6. The smallest absolute Gasteiger partial charge is 0.212 e. The number of pyridine rings is 1. The summed E-state index contributed by atoms with van der Waals surface area (Å²) in [6, 6.07) is 19.3. The summed E-state index contributed by atoms with van der Waals surface area (Å²) in [5, 5.41) is 21.4. The Kier molecular flexibility index (Phi) is 8.37. The first kappa shape index (κ1) is 28.5. The lowest BCUT2D eigenvalue weighted by atomic mass is 9.91. The molecule has 0 atom stereocenters. The van der Waals surface area contributed by atoms with Gasteiger partial charge in [0.05, 0.1) is 17.1 Å². The van der Waals surface area contributed by atoms with Gasteiger partial charge >= 0.3 is 0 Å². The van der Waals surface area contributed by atoms with Crippen LogP contribution in [0.4, 0.5) is 17.2 Å². The Balaban J connectivity index is 1.07. The minimum Gasteiger partial charge on any atom is -0.338 e. The number of nitrogens with one attached hydrogen (secondary N) is 4.